The van der Waals surface area contributed by atoms with E-state index in [4.69, 9.17) is 4.99 Å². The zero-order valence-corrected chi connectivity index (χ0v) is 18.5. The lowest BCUT2D eigenvalue weighted by Gasteiger charge is -2.12. The normalized spacial score (nSPS) is 11.1. The van der Waals surface area contributed by atoms with Crippen molar-refractivity contribution in [1.29, 1.82) is 0 Å². The van der Waals surface area contributed by atoms with Crippen molar-refractivity contribution in [2.75, 3.05) is 13.1 Å². The van der Waals surface area contributed by atoms with Gasteiger partial charge in [-0.05, 0) is 44.2 Å². The van der Waals surface area contributed by atoms with Gasteiger partial charge in [0.25, 0.3) is 0 Å². The largest absolute Gasteiger partial charge is 0.357 e. The second-order valence-electron chi connectivity index (χ2n) is 6.12. The van der Waals surface area contributed by atoms with Gasteiger partial charge in [-0.2, -0.15) is 0 Å². The molecule has 0 amide bonds. The Morgan fingerprint density at radius 2 is 1.88 bits per heavy atom. The van der Waals surface area contributed by atoms with E-state index >= 15 is 0 Å². The number of nitrogens with one attached hydrogen (secondary N) is 2. The van der Waals surface area contributed by atoms with Gasteiger partial charge in [0.1, 0.15) is 5.82 Å². The summed E-state index contributed by atoms with van der Waals surface area (Å²) in [5.74, 6) is 1.98. The van der Waals surface area contributed by atoms with Gasteiger partial charge in [0, 0.05) is 32.0 Å². The van der Waals surface area contributed by atoms with Gasteiger partial charge in [0.15, 0.2) is 5.96 Å². The molecule has 0 atom stereocenters. The third-order valence-electron chi connectivity index (χ3n) is 4.29. The number of hydrogen-bond donors (Lipinski definition) is 2. The van der Waals surface area contributed by atoms with Crippen LogP contribution in [-0.2, 0) is 19.5 Å². The molecule has 1 aromatic heterocycles. The van der Waals surface area contributed by atoms with Gasteiger partial charge in [-0.15, -0.1) is 24.0 Å². The number of imidazole rings is 1. The van der Waals surface area contributed by atoms with Crippen LogP contribution in [0.2, 0.25) is 0 Å². The molecule has 0 aliphatic carbocycles. The first-order valence-corrected chi connectivity index (χ1v) is 9.31. The number of nitrogens with zero attached hydrogens (tertiary/aromatic N) is 3. The Balaban J connectivity index is 0.00000338. The fraction of sp³-hybridized carbons (Fsp3) is 0.500. The zero-order chi connectivity index (χ0) is 17.9. The summed E-state index contributed by atoms with van der Waals surface area (Å²) in [6.07, 6.45) is 7.18. The first kappa shape index (κ1) is 22.5. The SMILES string of the molecule is CCNC(=NCc1ccccc1CC)NCCCCn1ccnc1C.I. The van der Waals surface area contributed by atoms with E-state index in [0.29, 0.717) is 6.54 Å². The summed E-state index contributed by atoms with van der Waals surface area (Å²) in [5, 5.41) is 6.76. The fourth-order valence-corrected chi connectivity index (χ4v) is 2.82. The molecule has 0 saturated carbocycles. The summed E-state index contributed by atoms with van der Waals surface area (Å²) >= 11 is 0. The summed E-state index contributed by atoms with van der Waals surface area (Å²) in [6, 6.07) is 8.53. The highest BCUT2D eigenvalue weighted by molar-refractivity contribution is 14.0. The molecule has 0 radical (unpaired) electrons. The van der Waals surface area contributed by atoms with Crippen molar-refractivity contribution in [2.45, 2.75) is 53.1 Å². The van der Waals surface area contributed by atoms with E-state index in [2.05, 4.69) is 58.3 Å². The van der Waals surface area contributed by atoms with Crippen molar-refractivity contribution in [3.8, 4) is 0 Å². The minimum atomic E-state index is 0. The maximum atomic E-state index is 4.73. The van der Waals surface area contributed by atoms with Crippen molar-refractivity contribution in [3.05, 3.63) is 53.6 Å². The molecule has 1 aromatic carbocycles. The van der Waals surface area contributed by atoms with Crippen molar-refractivity contribution in [2.24, 2.45) is 4.99 Å². The van der Waals surface area contributed by atoms with Crippen molar-refractivity contribution in [3.63, 3.8) is 0 Å². The minimum Gasteiger partial charge on any atom is -0.357 e. The predicted octanol–water partition coefficient (Wildman–Crippen LogP) is 3.91. The molecule has 0 aliphatic rings. The molecule has 2 N–H and O–H groups in total. The lowest BCUT2D eigenvalue weighted by Crippen LogP contribution is -2.37. The topological polar surface area (TPSA) is 54.2 Å². The molecule has 0 spiro atoms. The molecule has 0 saturated heterocycles. The van der Waals surface area contributed by atoms with E-state index in [1.165, 1.54) is 11.1 Å². The second kappa shape index (κ2) is 12.7. The maximum Gasteiger partial charge on any atom is 0.191 e. The molecular weight excluding hydrogens is 437 g/mol. The molecule has 0 unspecified atom stereocenters. The molecule has 2 aromatic rings. The molecule has 6 heteroatoms. The van der Waals surface area contributed by atoms with Gasteiger partial charge in [-0.25, -0.2) is 9.98 Å². The van der Waals surface area contributed by atoms with Gasteiger partial charge in [0.05, 0.1) is 6.54 Å². The van der Waals surface area contributed by atoms with Crippen LogP contribution in [0.1, 0.15) is 43.6 Å². The quantitative estimate of drug-likeness (QED) is 0.254. The Kier molecular flexibility index (Phi) is 11.0. The number of unbranched alkanes of at least 4 members (excludes halogenated alkanes) is 1. The van der Waals surface area contributed by atoms with E-state index in [1.807, 2.05) is 19.3 Å². The second-order valence-corrected chi connectivity index (χ2v) is 6.12. The monoisotopic (exact) mass is 469 g/mol. The lowest BCUT2D eigenvalue weighted by atomic mass is 10.1. The fourth-order valence-electron chi connectivity index (χ4n) is 2.82. The van der Waals surface area contributed by atoms with Gasteiger partial charge in [0.2, 0.25) is 0 Å². The Labute approximate surface area is 174 Å². The van der Waals surface area contributed by atoms with E-state index in [0.717, 1.165) is 50.7 Å². The Bertz CT molecular complexity index is 666. The summed E-state index contributed by atoms with van der Waals surface area (Å²) in [4.78, 5) is 8.99. The van der Waals surface area contributed by atoms with Crippen LogP contribution >= 0.6 is 24.0 Å². The molecule has 26 heavy (non-hydrogen) atoms. The van der Waals surface area contributed by atoms with E-state index in [1.54, 1.807) is 0 Å². The summed E-state index contributed by atoms with van der Waals surface area (Å²) < 4.78 is 2.20. The third-order valence-corrected chi connectivity index (χ3v) is 4.29. The smallest absolute Gasteiger partial charge is 0.191 e. The Hall–Kier alpha value is -1.57. The molecular formula is C20H32IN5. The van der Waals surface area contributed by atoms with Crippen LogP contribution in [0.25, 0.3) is 0 Å². The number of aliphatic imine (C=N–C) groups is 1. The molecule has 144 valence electrons. The average Bonchev–Trinajstić information content (AvgIpc) is 3.04. The standard InChI is InChI=1S/C20H31N5.HI/c1-4-18-10-6-7-11-19(18)16-24-20(21-5-2)23-12-8-9-14-25-15-13-22-17(25)3;/h6-7,10-11,13,15H,4-5,8-9,12,14,16H2,1-3H3,(H2,21,23,24);1H. The maximum absolute atomic E-state index is 4.73. The third kappa shape index (κ3) is 7.35. The molecule has 0 aliphatic heterocycles. The van der Waals surface area contributed by atoms with E-state index < -0.39 is 0 Å². The van der Waals surface area contributed by atoms with Crippen LogP contribution in [0, 0.1) is 6.92 Å². The highest BCUT2D eigenvalue weighted by Crippen LogP contribution is 2.10. The lowest BCUT2D eigenvalue weighted by molar-refractivity contribution is 0.588. The first-order chi connectivity index (χ1) is 12.2. The van der Waals surface area contributed by atoms with Crippen LogP contribution < -0.4 is 10.6 Å². The van der Waals surface area contributed by atoms with Crippen LogP contribution in [0.3, 0.4) is 0 Å². The molecule has 5 nitrogen and oxygen atoms in total. The van der Waals surface area contributed by atoms with E-state index in [9.17, 15) is 0 Å². The van der Waals surface area contributed by atoms with Gasteiger partial charge in [-0.1, -0.05) is 31.2 Å². The first-order valence-electron chi connectivity index (χ1n) is 9.31. The summed E-state index contributed by atoms with van der Waals surface area (Å²) in [6.45, 7) is 9.86. The summed E-state index contributed by atoms with van der Waals surface area (Å²) in [7, 11) is 0. The molecule has 0 bridgehead atoms. The van der Waals surface area contributed by atoms with Crippen molar-refractivity contribution >= 4 is 29.9 Å². The predicted molar refractivity (Wildman–Crippen MR) is 120 cm³/mol. The minimum absolute atomic E-state index is 0. The highest BCUT2D eigenvalue weighted by Gasteiger charge is 2.01. The van der Waals surface area contributed by atoms with Crippen LogP contribution in [0.15, 0.2) is 41.7 Å². The van der Waals surface area contributed by atoms with Crippen LogP contribution in [0.4, 0.5) is 0 Å². The number of benzene rings is 1. The average molecular weight is 469 g/mol. The summed E-state index contributed by atoms with van der Waals surface area (Å²) in [5.41, 5.74) is 2.68. The number of rotatable bonds is 9. The molecule has 1 heterocycles. The number of halogens is 1. The van der Waals surface area contributed by atoms with Crippen molar-refractivity contribution in [1.82, 2.24) is 20.2 Å². The van der Waals surface area contributed by atoms with Gasteiger partial charge in [-0.3, -0.25) is 0 Å². The number of aryl methyl sites for hydroxylation is 3. The van der Waals surface area contributed by atoms with Crippen LogP contribution in [-0.4, -0.2) is 28.6 Å². The zero-order valence-electron chi connectivity index (χ0n) is 16.2. The van der Waals surface area contributed by atoms with E-state index in [-0.39, 0.29) is 24.0 Å². The number of hydrogen-bond acceptors (Lipinski definition) is 2. The molecule has 0 fully saturated rings. The Morgan fingerprint density at radius 1 is 1.12 bits per heavy atom. The van der Waals surface area contributed by atoms with Crippen LogP contribution in [0.5, 0.6) is 0 Å². The number of guanidine groups is 1. The number of aromatic nitrogens is 2. The van der Waals surface area contributed by atoms with Gasteiger partial charge < -0.3 is 15.2 Å². The van der Waals surface area contributed by atoms with Gasteiger partial charge >= 0.3 is 0 Å². The highest BCUT2D eigenvalue weighted by atomic mass is 127. The van der Waals surface area contributed by atoms with Crippen molar-refractivity contribution < 1.29 is 0 Å². The molecule has 2 rings (SSSR count). The Morgan fingerprint density at radius 3 is 2.54 bits per heavy atom.